The first-order valence-corrected chi connectivity index (χ1v) is 7.85. The fraction of sp³-hybridized carbons (Fsp3) is 0.412. The molecular formula is C17H21N3O2. The van der Waals surface area contributed by atoms with Crippen LogP contribution in [0.1, 0.15) is 37.8 Å². The van der Waals surface area contributed by atoms with Crippen LogP contribution in [0.4, 0.5) is 4.79 Å². The van der Waals surface area contributed by atoms with Crippen LogP contribution in [0.25, 0.3) is 0 Å². The van der Waals surface area contributed by atoms with Gasteiger partial charge in [-0.3, -0.25) is 4.79 Å². The topological polar surface area (TPSA) is 61.4 Å². The van der Waals surface area contributed by atoms with Crippen molar-refractivity contribution in [1.29, 1.82) is 0 Å². The van der Waals surface area contributed by atoms with Gasteiger partial charge < -0.3 is 15.5 Å². The predicted molar refractivity (Wildman–Crippen MR) is 84.0 cm³/mol. The van der Waals surface area contributed by atoms with Gasteiger partial charge in [0.15, 0.2) is 0 Å². The summed E-state index contributed by atoms with van der Waals surface area (Å²) in [4.78, 5) is 26.4. The molecule has 116 valence electrons. The Balaban J connectivity index is 1.83. The van der Waals surface area contributed by atoms with Gasteiger partial charge in [-0.2, -0.15) is 0 Å². The zero-order valence-electron chi connectivity index (χ0n) is 12.8. The summed E-state index contributed by atoms with van der Waals surface area (Å²) in [7, 11) is 0. The van der Waals surface area contributed by atoms with Gasteiger partial charge in [0.25, 0.3) is 5.91 Å². The molecule has 2 aliphatic heterocycles. The van der Waals surface area contributed by atoms with E-state index in [1.807, 2.05) is 35.2 Å². The summed E-state index contributed by atoms with van der Waals surface area (Å²) in [6, 6.07) is 9.05. The molecule has 5 nitrogen and oxygen atoms in total. The molecule has 1 atom stereocenters. The van der Waals surface area contributed by atoms with Crippen molar-refractivity contribution in [3.8, 4) is 0 Å². The average molecular weight is 299 g/mol. The lowest BCUT2D eigenvalue weighted by Gasteiger charge is -2.25. The minimum absolute atomic E-state index is 0.0347. The second kappa shape index (κ2) is 6.22. The van der Waals surface area contributed by atoms with Crippen molar-refractivity contribution in [1.82, 2.24) is 15.5 Å². The van der Waals surface area contributed by atoms with Gasteiger partial charge in [0, 0.05) is 6.54 Å². The molecule has 0 aromatic heterocycles. The zero-order valence-corrected chi connectivity index (χ0v) is 12.8. The summed E-state index contributed by atoms with van der Waals surface area (Å²) in [5.41, 5.74) is 2.37. The lowest BCUT2D eigenvalue weighted by Crippen LogP contribution is -2.44. The SMILES string of the molecule is CCCCCN1CC2=C(C1=O)[C@@H](c1ccccc1)NC(=O)N2. The molecule has 0 saturated carbocycles. The smallest absolute Gasteiger partial charge is 0.319 e. The summed E-state index contributed by atoms with van der Waals surface area (Å²) in [6.45, 7) is 3.40. The molecule has 2 N–H and O–H groups in total. The molecule has 0 unspecified atom stereocenters. The van der Waals surface area contributed by atoms with Gasteiger partial charge >= 0.3 is 6.03 Å². The molecule has 0 bridgehead atoms. The molecule has 5 heteroatoms. The van der Waals surface area contributed by atoms with E-state index in [9.17, 15) is 9.59 Å². The molecule has 3 rings (SSSR count). The van der Waals surface area contributed by atoms with E-state index in [-0.39, 0.29) is 18.0 Å². The molecule has 2 aliphatic rings. The van der Waals surface area contributed by atoms with Crippen molar-refractivity contribution in [2.45, 2.75) is 32.2 Å². The quantitative estimate of drug-likeness (QED) is 0.820. The summed E-state index contributed by atoms with van der Waals surface area (Å²) in [6.07, 6.45) is 3.24. The van der Waals surface area contributed by atoms with Crippen LogP contribution in [0.2, 0.25) is 0 Å². The first kappa shape index (κ1) is 14.6. The van der Waals surface area contributed by atoms with E-state index in [1.165, 1.54) is 0 Å². The van der Waals surface area contributed by atoms with E-state index in [0.29, 0.717) is 12.1 Å². The van der Waals surface area contributed by atoms with Crippen molar-refractivity contribution in [2.24, 2.45) is 0 Å². The molecule has 0 fully saturated rings. The van der Waals surface area contributed by atoms with E-state index >= 15 is 0 Å². The van der Waals surface area contributed by atoms with E-state index in [2.05, 4.69) is 17.6 Å². The second-order valence-electron chi connectivity index (χ2n) is 5.77. The average Bonchev–Trinajstić information content (AvgIpc) is 2.84. The number of benzene rings is 1. The standard InChI is InChI=1S/C17H21N3O2/c1-2-3-7-10-20-11-13-14(16(20)21)15(19-17(22)18-13)12-8-5-4-6-9-12/h4-6,8-9,15H,2-3,7,10-11H2,1H3,(H2,18,19,22)/t15-/m1/s1. The maximum atomic E-state index is 12.7. The molecule has 1 aromatic rings. The third-order valence-corrected chi connectivity index (χ3v) is 4.18. The van der Waals surface area contributed by atoms with Crippen LogP contribution in [0, 0.1) is 0 Å². The number of unbranched alkanes of at least 4 members (excludes halogenated alkanes) is 2. The van der Waals surface area contributed by atoms with Gasteiger partial charge in [-0.05, 0) is 12.0 Å². The van der Waals surface area contributed by atoms with Gasteiger partial charge in [0.1, 0.15) is 0 Å². The van der Waals surface area contributed by atoms with Crippen molar-refractivity contribution >= 4 is 11.9 Å². The highest BCUT2D eigenvalue weighted by molar-refractivity contribution is 6.01. The van der Waals surface area contributed by atoms with Crippen molar-refractivity contribution < 1.29 is 9.59 Å². The first-order chi connectivity index (χ1) is 10.7. The Hall–Kier alpha value is -2.30. The Morgan fingerprint density at radius 1 is 1.18 bits per heavy atom. The number of rotatable bonds is 5. The first-order valence-electron chi connectivity index (χ1n) is 7.85. The number of nitrogens with one attached hydrogen (secondary N) is 2. The molecule has 2 heterocycles. The number of hydrogen-bond donors (Lipinski definition) is 2. The molecule has 0 saturated heterocycles. The number of amides is 3. The lowest BCUT2D eigenvalue weighted by atomic mass is 9.96. The normalized spacial score (nSPS) is 20.8. The van der Waals surface area contributed by atoms with Crippen molar-refractivity contribution in [3.05, 3.63) is 47.2 Å². The number of carbonyl (C=O) groups excluding carboxylic acids is 2. The Morgan fingerprint density at radius 3 is 2.68 bits per heavy atom. The fourth-order valence-electron chi connectivity index (χ4n) is 3.06. The molecule has 0 aliphatic carbocycles. The van der Waals surface area contributed by atoms with Gasteiger partial charge in [-0.1, -0.05) is 50.1 Å². The lowest BCUT2D eigenvalue weighted by molar-refractivity contribution is -0.125. The molecule has 0 spiro atoms. The number of nitrogens with zero attached hydrogens (tertiary/aromatic N) is 1. The third kappa shape index (κ3) is 2.71. The third-order valence-electron chi connectivity index (χ3n) is 4.18. The maximum absolute atomic E-state index is 12.7. The highest BCUT2D eigenvalue weighted by Crippen LogP contribution is 2.32. The van der Waals surface area contributed by atoms with E-state index in [1.54, 1.807) is 0 Å². The number of carbonyl (C=O) groups is 2. The summed E-state index contributed by atoms with van der Waals surface area (Å²) >= 11 is 0. The minimum atomic E-state index is -0.353. The van der Waals surface area contributed by atoms with E-state index < -0.39 is 0 Å². The highest BCUT2D eigenvalue weighted by atomic mass is 16.2. The monoisotopic (exact) mass is 299 g/mol. The van der Waals surface area contributed by atoms with Crippen LogP contribution in [-0.4, -0.2) is 29.9 Å². The Bertz CT molecular complexity index is 610. The van der Waals surface area contributed by atoms with Gasteiger partial charge in [-0.25, -0.2) is 4.79 Å². The van der Waals surface area contributed by atoms with Gasteiger partial charge in [0.2, 0.25) is 0 Å². The largest absolute Gasteiger partial charge is 0.333 e. The van der Waals surface area contributed by atoms with Crippen molar-refractivity contribution in [2.75, 3.05) is 13.1 Å². The highest BCUT2D eigenvalue weighted by Gasteiger charge is 2.39. The molecule has 1 aromatic carbocycles. The minimum Gasteiger partial charge on any atom is -0.333 e. The van der Waals surface area contributed by atoms with Crippen LogP contribution in [0.5, 0.6) is 0 Å². The van der Waals surface area contributed by atoms with Crippen LogP contribution >= 0.6 is 0 Å². The van der Waals surface area contributed by atoms with Crippen molar-refractivity contribution in [3.63, 3.8) is 0 Å². The molecular weight excluding hydrogens is 278 g/mol. The van der Waals surface area contributed by atoms with Crippen LogP contribution in [-0.2, 0) is 4.79 Å². The van der Waals surface area contributed by atoms with Crippen LogP contribution in [0.15, 0.2) is 41.6 Å². The Morgan fingerprint density at radius 2 is 1.95 bits per heavy atom. The van der Waals surface area contributed by atoms with Crippen LogP contribution in [0.3, 0.4) is 0 Å². The summed E-state index contributed by atoms with van der Waals surface area (Å²) in [5, 5.41) is 5.66. The molecule has 0 radical (unpaired) electrons. The van der Waals surface area contributed by atoms with Crippen LogP contribution < -0.4 is 10.6 Å². The Kier molecular flexibility index (Phi) is 4.13. The Labute approximate surface area is 130 Å². The number of urea groups is 1. The number of hydrogen-bond acceptors (Lipinski definition) is 2. The molecule has 22 heavy (non-hydrogen) atoms. The van der Waals surface area contributed by atoms with Gasteiger partial charge in [-0.15, -0.1) is 0 Å². The summed E-state index contributed by atoms with van der Waals surface area (Å²) < 4.78 is 0. The fourth-order valence-corrected chi connectivity index (χ4v) is 3.06. The van der Waals surface area contributed by atoms with E-state index in [4.69, 9.17) is 0 Å². The second-order valence-corrected chi connectivity index (χ2v) is 5.77. The summed E-state index contributed by atoms with van der Waals surface area (Å²) in [5.74, 6) is 0.0347. The molecule has 3 amide bonds. The van der Waals surface area contributed by atoms with Gasteiger partial charge in [0.05, 0.1) is 23.9 Å². The predicted octanol–water partition coefficient (Wildman–Crippen LogP) is 2.33. The zero-order chi connectivity index (χ0) is 15.5. The van der Waals surface area contributed by atoms with E-state index in [0.717, 1.165) is 37.1 Å². The maximum Gasteiger partial charge on any atom is 0.319 e.